The van der Waals surface area contributed by atoms with E-state index in [2.05, 4.69) is 5.10 Å². The van der Waals surface area contributed by atoms with E-state index >= 15 is 0 Å². The van der Waals surface area contributed by atoms with Crippen molar-refractivity contribution in [3.63, 3.8) is 0 Å². The van der Waals surface area contributed by atoms with Crippen LogP contribution in [0.4, 0.5) is 0 Å². The lowest BCUT2D eigenvalue weighted by molar-refractivity contribution is 0.0734. The molecule has 0 atom stereocenters. The first-order chi connectivity index (χ1) is 11.7. The van der Waals surface area contributed by atoms with Crippen molar-refractivity contribution in [2.24, 2.45) is 0 Å². The van der Waals surface area contributed by atoms with Gasteiger partial charge in [-0.2, -0.15) is 5.10 Å². The Labute approximate surface area is 139 Å². The van der Waals surface area contributed by atoms with Gasteiger partial charge in [-0.05, 0) is 36.4 Å². The number of rotatable bonds is 5. The Balaban J connectivity index is 1.71. The van der Waals surface area contributed by atoms with E-state index in [1.165, 1.54) is 6.20 Å². The van der Waals surface area contributed by atoms with Crippen molar-refractivity contribution >= 4 is 11.8 Å². The van der Waals surface area contributed by atoms with Crippen LogP contribution in [0.1, 0.15) is 34.1 Å². The molecular weight excluding hydrogens is 304 g/mol. The van der Waals surface area contributed by atoms with E-state index in [9.17, 15) is 9.59 Å². The number of nitrogens with zero attached hydrogens (tertiary/aromatic N) is 2. The van der Waals surface area contributed by atoms with Crippen LogP contribution in [0.3, 0.4) is 0 Å². The standard InChI is InChI=1S/C19H16N2O3/c1-2-18(22)14-8-10-17(11-9-14)24-19(23)15-12-20-21(13-15)16-6-4-3-5-7-16/h3-13H,2H2,1H3. The van der Waals surface area contributed by atoms with Crippen LogP contribution >= 0.6 is 0 Å². The van der Waals surface area contributed by atoms with Crippen molar-refractivity contribution in [3.05, 3.63) is 78.1 Å². The molecule has 0 bridgehead atoms. The van der Waals surface area contributed by atoms with E-state index in [1.54, 1.807) is 42.1 Å². The Hall–Kier alpha value is -3.21. The number of Topliss-reactive ketones (excluding diaryl/α,β-unsaturated/α-hetero) is 1. The molecular formula is C19H16N2O3. The Morgan fingerprint density at radius 1 is 1.00 bits per heavy atom. The van der Waals surface area contributed by atoms with Crippen molar-refractivity contribution < 1.29 is 14.3 Å². The lowest BCUT2D eigenvalue weighted by atomic mass is 10.1. The van der Waals surface area contributed by atoms with Gasteiger partial charge in [-0.3, -0.25) is 4.79 Å². The van der Waals surface area contributed by atoms with Crippen LogP contribution in [0.5, 0.6) is 5.75 Å². The van der Waals surface area contributed by atoms with E-state index < -0.39 is 5.97 Å². The predicted octanol–water partition coefficient (Wildman–Crippen LogP) is 3.68. The molecule has 1 aromatic heterocycles. The summed E-state index contributed by atoms with van der Waals surface area (Å²) in [6, 6.07) is 16.0. The Morgan fingerprint density at radius 2 is 1.71 bits per heavy atom. The van der Waals surface area contributed by atoms with Crippen LogP contribution in [0.2, 0.25) is 0 Å². The highest BCUT2D eigenvalue weighted by molar-refractivity contribution is 5.96. The largest absolute Gasteiger partial charge is 0.423 e. The second-order valence-electron chi connectivity index (χ2n) is 5.20. The van der Waals surface area contributed by atoms with Gasteiger partial charge < -0.3 is 4.74 Å². The van der Waals surface area contributed by atoms with Gasteiger partial charge in [0.2, 0.25) is 0 Å². The van der Waals surface area contributed by atoms with Crippen LogP contribution in [0.25, 0.3) is 5.69 Å². The minimum atomic E-state index is -0.494. The summed E-state index contributed by atoms with van der Waals surface area (Å²) >= 11 is 0. The van der Waals surface area contributed by atoms with Crippen molar-refractivity contribution in [1.29, 1.82) is 0 Å². The summed E-state index contributed by atoms with van der Waals surface area (Å²) in [5.74, 6) is -0.0520. The van der Waals surface area contributed by atoms with Crippen LogP contribution in [-0.2, 0) is 0 Å². The molecule has 2 aromatic carbocycles. The summed E-state index contributed by atoms with van der Waals surface area (Å²) in [6.07, 6.45) is 3.52. The Bertz CT molecular complexity index is 852. The first-order valence-corrected chi connectivity index (χ1v) is 7.63. The van der Waals surface area contributed by atoms with Crippen molar-refractivity contribution in [1.82, 2.24) is 9.78 Å². The summed E-state index contributed by atoms with van der Waals surface area (Å²) in [5, 5.41) is 4.17. The van der Waals surface area contributed by atoms with E-state index in [0.29, 0.717) is 23.3 Å². The zero-order valence-corrected chi connectivity index (χ0v) is 13.2. The summed E-state index contributed by atoms with van der Waals surface area (Å²) in [5.41, 5.74) is 1.82. The molecule has 0 aliphatic rings. The second kappa shape index (κ2) is 6.91. The van der Waals surface area contributed by atoms with Gasteiger partial charge in [-0.25, -0.2) is 9.48 Å². The number of ether oxygens (including phenoxy) is 1. The zero-order chi connectivity index (χ0) is 16.9. The van der Waals surface area contributed by atoms with Crippen LogP contribution in [-0.4, -0.2) is 21.5 Å². The molecule has 5 nitrogen and oxygen atoms in total. The molecule has 0 aliphatic carbocycles. The molecule has 1 heterocycles. The summed E-state index contributed by atoms with van der Waals surface area (Å²) < 4.78 is 6.93. The van der Waals surface area contributed by atoms with Gasteiger partial charge >= 0.3 is 5.97 Å². The third-order valence-electron chi connectivity index (χ3n) is 3.55. The molecule has 24 heavy (non-hydrogen) atoms. The number of benzene rings is 2. The van der Waals surface area contributed by atoms with E-state index in [4.69, 9.17) is 4.74 Å². The molecule has 0 saturated carbocycles. The molecule has 3 rings (SSSR count). The Kier molecular flexibility index (Phi) is 4.52. The van der Waals surface area contributed by atoms with E-state index in [0.717, 1.165) is 5.69 Å². The zero-order valence-electron chi connectivity index (χ0n) is 13.2. The average molecular weight is 320 g/mol. The molecule has 0 spiro atoms. The van der Waals surface area contributed by atoms with Gasteiger partial charge in [0, 0.05) is 18.2 Å². The van der Waals surface area contributed by atoms with Gasteiger partial charge in [0.1, 0.15) is 5.75 Å². The summed E-state index contributed by atoms with van der Waals surface area (Å²) in [7, 11) is 0. The van der Waals surface area contributed by atoms with Crippen molar-refractivity contribution in [2.45, 2.75) is 13.3 Å². The molecule has 0 saturated heterocycles. The quantitative estimate of drug-likeness (QED) is 0.409. The molecule has 3 aromatic rings. The van der Waals surface area contributed by atoms with Gasteiger partial charge in [-0.1, -0.05) is 25.1 Å². The predicted molar refractivity (Wildman–Crippen MR) is 89.6 cm³/mol. The summed E-state index contributed by atoms with van der Waals surface area (Å²) in [4.78, 5) is 23.8. The fourth-order valence-corrected chi connectivity index (χ4v) is 2.23. The lowest BCUT2D eigenvalue weighted by Gasteiger charge is -2.04. The smallest absolute Gasteiger partial charge is 0.346 e. The SMILES string of the molecule is CCC(=O)c1ccc(OC(=O)c2cnn(-c3ccccc3)c2)cc1. The molecule has 0 aliphatic heterocycles. The average Bonchev–Trinajstić information content (AvgIpc) is 3.13. The lowest BCUT2D eigenvalue weighted by Crippen LogP contribution is -2.07. The second-order valence-corrected chi connectivity index (χ2v) is 5.20. The maximum atomic E-state index is 12.2. The molecule has 0 radical (unpaired) electrons. The number of hydrogen-bond acceptors (Lipinski definition) is 4. The van der Waals surface area contributed by atoms with Gasteiger partial charge in [0.05, 0.1) is 17.4 Å². The van der Waals surface area contributed by atoms with E-state index in [1.807, 2.05) is 30.3 Å². The first kappa shape index (κ1) is 15.7. The topological polar surface area (TPSA) is 61.2 Å². The Morgan fingerprint density at radius 3 is 2.38 bits per heavy atom. The third-order valence-corrected chi connectivity index (χ3v) is 3.55. The first-order valence-electron chi connectivity index (χ1n) is 7.63. The van der Waals surface area contributed by atoms with Gasteiger partial charge in [0.25, 0.3) is 0 Å². The van der Waals surface area contributed by atoms with Gasteiger partial charge in [0.15, 0.2) is 5.78 Å². The number of aromatic nitrogens is 2. The molecule has 0 N–H and O–H groups in total. The molecule has 0 amide bonds. The molecule has 5 heteroatoms. The minimum Gasteiger partial charge on any atom is -0.423 e. The molecule has 0 unspecified atom stereocenters. The monoisotopic (exact) mass is 320 g/mol. The molecule has 120 valence electrons. The molecule has 0 fully saturated rings. The summed E-state index contributed by atoms with van der Waals surface area (Å²) in [6.45, 7) is 1.81. The van der Waals surface area contributed by atoms with Crippen molar-refractivity contribution in [2.75, 3.05) is 0 Å². The number of ketones is 1. The third kappa shape index (κ3) is 3.41. The van der Waals surface area contributed by atoms with Crippen LogP contribution < -0.4 is 4.74 Å². The van der Waals surface area contributed by atoms with Crippen molar-refractivity contribution in [3.8, 4) is 11.4 Å². The highest BCUT2D eigenvalue weighted by Crippen LogP contribution is 2.16. The minimum absolute atomic E-state index is 0.0528. The highest BCUT2D eigenvalue weighted by atomic mass is 16.5. The van der Waals surface area contributed by atoms with E-state index in [-0.39, 0.29) is 5.78 Å². The maximum absolute atomic E-state index is 12.2. The maximum Gasteiger partial charge on any atom is 0.346 e. The number of para-hydroxylation sites is 1. The number of carbonyl (C=O) groups excluding carboxylic acids is 2. The fourth-order valence-electron chi connectivity index (χ4n) is 2.23. The fraction of sp³-hybridized carbons (Fsp3) is 0.105. The normalized spacial score (nSPS) is 10.4. The van der Waals surface area contributed by atoms with Gasteiger partial charge in [-0.15, -0.1) is 0 Å². The number of carbonyl (C=O) groups is 2. The highest BCUT2D eigenvalue weighted by Gasteiger charge is 2.12. The van der Waals surface area contributed by atoms with Crippen LogP contribution in [0.15, 0.2) is 67.0 Å². The van der Waals surface area contributed by atoms with Crippen LogP contribution in [0, 0.1) is 0 Å². The number of esters is 1. The number of hydrogen-bond donors (Lipinski definition) is 0.